The standard InChI is InChI=1S/C23H33N3O5/c1-4-15(2)21(23(29)30-3)25-20(27)14-26-11-6-5-7-18(26)22(28)24-17-8-9-19-16(13-17)10-12-31-19/h8-9,13,15,18,21H,4-7,10-12,14H2,1-3H3,(H,24,28)(H,25,27). The fourth-order valence-electron chi connectivity index (χ4n) is 4.17. The molecule has 0 spiro atoms. The Balaban J connectivity index is 1.62. The number of hydrogen-bond donors (Lipinski definition) is 2. The Hall–Kier alpha value is -2.61. The van der Waals surface area contributed by atoms with Crippen molar-refractivity contribution in [3.05, 3.63) is 23.8 Å². The molecule has 2 aliphatic heterocycles. The lowest BCUT2D eigenvalue weighted by atomic mass is 9.98. The number of nitrogens with zero attached hydrogens (tertiary/aromatic N) is 1. The summed E-state index contributed by atoms with van der Waals surface area (Å²) in [7, 11) is 1.32. The molecule has 2 amide bonds. The minimum atomic E-state index is -0.687. The molecule has 0 saturated carbocycles. The Morgan fingerprint density at radius 1 is 1.29 bits per heavy atom. The quantitative estimate of drug-likeness (QED) is 0.612. The lowest BCUT2D eigenvalue weighted by molar-refractivity contribution is -0.147. The first-order chi connectivity index (χ1) is 14.9. The molecule has 2 aliphatic rings. The zero-order valence-electron chi connectivity index (χ0n) is 18.6. The van der Waals surface area contributed by atoms with Crippen molar-refractivity contribution in [1.29, 1.82) is 0 Å². The number of nitrogens with one attached hydrogen (secondary N) is 2. The molecular formula is C23H33N3O5. The highest BCUT2D eigenvalue weighted by Gasteiger charge is 2.32. The third-order valence-corrected chi connectivity index (χ3v) is 6.20. The molecule has 2 heterocycles. The Kier molecular flexibility index (Phi) is 7.90. The predicted molar refractivity (Wildman–Crippen MR) is 117 cm³/mol. The third kappa shape index (κ3) is 5.76. The summed E-state index contributed by atoms with van der Waals surface area (Å²) >= 11 is 0. The van der Waals surface area contributed by atoms with Gasteiger partial charge in [-0.15, -0.1) is 0 Å². The van der Waals surface area contributed by atoms with E-state index in [1.165, 1.54) is 7.11 Å². The van der Waals surface area contributed by atoms with Gasteiger partial charge in [-0.05, 0) is 49.1 Å². The van der Waals surface area contributed by atoms with E-state index in [4.69, 9.17) is 9.47 Å². The molecular weight excluding hydrogens is 398 g/mol. The van der Waals surface area contributed by atoms with Gasteiger partial charge in [0.2, 0.25) is 11.8 Å². The first kappa shape index (κ1) is 23.1. The van der Waals surface area contributed by atoms with Gasteiger partial charge in [0.15, 0.2) is 0 Å². The Morgan fingerprint density at radius 2 is 2.10 bits per heavy atom. The van der Waals surface area contributed by atoms with E-state index < -0.39 is 12.0 Å². The average Bonchev–Trinajstić information content (AvgIpc) is 3.24. The fraction of sp³-hybridized carbons (Fsp3) is 0.609. The zero-order valence-corrected chi connectivity index (χ0v) is 18.6. The summed E-state index contributed by atoms with van der Waals surface area (Å²) in [6.45, 7) is 5.26. The van der Waals surface area contributed by atoms with Crippen molar-refractivity contribution in [3.63, 3.8) is 0 Å². The molecule has 8 nitrogen and oxygen atoms in total. The first-order valence-corrected chi connectivity index (χ1v) is 11.1. The SMILES string of the molecule is CCC(C)C(NC(=O)CN1CCCCC1C(=O)Nc1ccc2c(c1)CCO2)C(=O)OC. The van der Waals surface area contributed by atoms with E-state index in [2.05, 4.69) is 10.6 Å². The van der Waals surface area contributed by atoms with Crippen LogP contribution in [0.15, 0.2) is 18.2 Å². The van der Waals surface area contributed by atoms with Crippen LogP contribution in [0.4, 0.5) is 5.69 Å². The van der Waals surface area contributed by atoms with Crippen LogP contribution < -0.4 is 15.4 Å². The zero-order chi connectivity index (χ0) is 22.4. The van der Waals surface area contributed by atoms with Crippen LogP contribution >= 0.6 is 0 Å². The molecule has 0 radical (unpaired) electrons. The number of benzene rings is 1. The largest absolute Gasteiger partial charge is 0.493 e. The number of methoxy groups -OCH3 is 1. The van der Waals surface area contributed by atoms with Gasteiger partial charge in [0.25, 0.3) is 0 Å². The maximum absolute atomic E-state index is 13.0. The summed E-state index contributed by atoms with van der Waals surface area (Å²) in [6, 6.07) is 4.60. The summed E-state index contributed by atoms with van der Waals surface area (Å²) in [4.78, 5) is 39.7. The lowest BCUT2D eigenvalue weighted by Crippen LogP contribution is -2.53. The Bertz CT molecular complexity index is 812. The molecule has 3 atom stereocenters. The van der Waals surface area contributed by atoms with E-state index in [1.54, 1.807) is 0 Å². The van der Waals surface area contributed by atoms with Gasteiger partial charge in [-0.25, -0.2) is 4.79 Å². The topological polar surface area (TPSA) is 97.0 Å². The van der Waals surface area contributed by atoms with Crippen molar-refractivity contribution in [1.82, 2.24) is 10.2 Å². The number of amides is 2. The molecule has 8 heteroatoms. The predicted octanol–water partition coefficient (Wildman–Crippen LogP) is 2.12. The number of likely N-dealkylation sites (tertiary alicyclic amines) is 1. The van der Waals surface area contributed by atoms with Crippen LogP contribution in [-0.2, 0) is 25.5 Å². The molecule has 0 bridgehead atoms. The number of carbonyl (C=O) groups is 3. The molecule has 1 saturated heterocycles. The van der Waals surface area contributed by atoms with Crippen molar-refractivity contribution in [2.24, 2.45) is 5.92 Å². The van der Waals surface area contributed by atoms with Gasteiger partial charge in [0.1, 0.15) is 11.8 Å². The van der Waals surface area contributed by atoms with Crippen molar-refractivity contribution in [3.8, 4) is 5.75 Å². The second-order valence-electron chi connectivity index (χ2n) is 8.35. The minimum absolute atomic E-state index is 0.0411. The molecule has 1 aromatic rings. The van der Waals surface area contributed by atoms with Crippen molar-refractivity contribution in [2.45, 2.75) is 58.0 Å². The molecule has 170 valence electrons. The number of fused-ring (bicyclic) bond motifs is 1. The van der Waals surface area contributed by atoms with Gasteiger partial charge in [0, 0.05) is 12.1 Å². The van der Waals surface area contributed by atoms with E-state index in [0.29, 0.717) is 19.6 Å². The van der Waals surface area contributed by atoms with E-state index in [1.807, 2.05) is 36.9 Å². The molecule has 3 unspecified atom stereocenters. The number of rotatable bonds is 8. The summed E-state index contributed by atoms with van der Waals surface area (Å²) < 4.78 is 10.4. The van der Waals surface area contributed by atoms with E-state index in [-0.39, 0.29) is 30.3 Å². The smallest absolute Gasteiger partial charge is 0.328 e. The number of esters is 1. The summed E-state index contributed by atoms with van der Waals surface area (Å²) in [5, 5.41) is 5.80. The molecule has 2 N–H and O–H groups in total. The Morgan fingerprint density at radius 3 is 2.84 bits per heavy atom. The summed E-state index contributed by atoms with van der Waals surface area (Å²) in [6.07, 6.45) is 4.14. The maximum Gasteiger partial charge on any atom is 0.328 e. The molecule has 0 aliphatic carbocycles. The molecule has 3 rings (SSSR count). The van der Waals surface area contributed by atoms with Crippen LogP contribution in [-0.4, -0.2) is 61.6 Å². The minimum Gasteiger partial charge on any atom is -0.493 e. The second kappa shape index (κ2) is 10.6. The lowest BCUT2D eigenvalue weighted by Gasteiger charge is -2.34. The van der Waals surface area contributed by atoms with Gasteiger partial charge < -0.3 is 20.1 Å². The fourth-order valence-corrected chi connectivity index (χ4v) is 4.17. The van der Waals surface area contributed by atoms with Gasteiger partial charge >= 0.3 is 5.97 Å². The van der Waals surface area contributed by atoms with Crippen molar-refractivity contribution < 1.29 is 23.9 Å². The van der Waals surface area contributed by atoms with Gasteiger partial charge in [-0.3, -0.25) is 14.5 Å². The van der Waals surface area contributed by atoms with E-state index >= 15 is 0 Å². The van der Waals surface area contributed by atoms with Crippen molar-refractivity contribution >= 4 is 23.5 Å². The van der Waals surface area contributed by atoms with Crippen molar-refractivity contribution in [2.75, 3.05) is 32.1 Å². The molecule has 1 fully saturated rings. The summed E-state index contributed by atoms with van der Waals surface area (Å²) in [5.74, 6) is -0.00446. The van der Waals surface area contributed by atoms with Crippen LogP contribution in [0.5, 0.6) is 5.75 Å². The monoisotopic (exact) mass is 431 g/mol. The van der Waals surface area contributed by atoms with E-state index in [0.717, 1.165) is 42.7 Å². The highest BCUT2D eigenvalue weighted by molar-refractivity contribution is 5.95. The third-order valence-electron chi connectivity index (χ3n) is 6.20. The highest BCUT2D eigenvalue weighted by Crippen LogP contribution is 2.28. The number of anilines is 1. The van der Waals surface area contributed by atoms with Crippen LogP contribution in [0.2, 0.25) is 0 Å². The molecule has 1 aromatic carbocycles. The number of ether oxygens (including phenoxy) is 2. The maximum atomic E-state index is 13.0. The number of carbonyl (C=O) groups excluding carboxylic acids is 3. The molecule has 0 aromatic heterocycles. The normalized spacial score (nSPS) is 20.2. The van der Waals surface area contributed by atoms with Gasteiger partial charge in [0.05, 0.1) is 26.3 Å². The van der Waals surface area contributed by atoms with Gasteiger partial charge in [-0.2, -0.15) is 0 Å². The number of piperidine rings is 1. The van der Waals surface area contributed by atoms with Crippen LogP contribution in [0.25, 0.3) is 0 Å². The van der Waals surface area contributed by atoms with Gasteiger partial charge in [-0.1, -0.05) is 26.7 Å². The summed E-state index contributed by atoms with van der Waals surface area (Å²) in [5.41, 5.74) is 1.84. The van der Waals surface area contributed by atoms with E-state index in [9.17, 15) is 14.4 Å². The first-order valence-electron chi connectivity index (χ1n) is 11.1. The average molecular weight is 432 g/mol. The number of hydrogen-bond acceptors (Lipinski definition) is 6. The highest BCUT2D eigenvalue weighted by atomic mass is 16.5. The van der Waals surface area contributed by atoms with Crippen LogP contribution in [0.3, 0.4) is 0 Å². The Labute approximate surface area is 183 Å². The van der Waals surface area contributed by atoms with Crippen LogP contribution in [0.1, 0.15) is 45.1 Å². The van der Waals surface area contributed by atoms with Crippen LogP contribution in [0, 0.1) is 5.92 Å². The molecule has 31 heavy (non-hydrogen) atoms. The second-order valence-corrected chi connectivity index (χ2v) is 8.35.